The van der Waals surface area contributed by atoms with Crippen LogP contribution in [0.3, 0.4) is 0 Å². The van der Waals surface area contributed by atoms with E-state index in [2.05, 4.69) is 13.0 Å². The van der Waals surface area contributed by atoms with Crippen LogP contribution in [0.2, 0.25) is 0 Å². The first-order chi connectivity index (χ1) is 9.60. The largest absolute Gasteiger partial charge is 0.481 e. The Kier molecular flexibility index (Phi) is 4.62. The lowest BCUT2D eigenvalue weighted by Crippen LogP contribution is -2.45. The van der Waals surface area contributed by atoms with Crippen LogP contribution in [0.25, 0.3) is 0 Å². The molecule has 1 aliphatic rings. The molecule has 1 fully saturated rings. The topological polar surface area (TPSA) is 53.3 Å². The maximum Gasteiger partial charge on any atom is 0.263 e. The molecule has 4 nitrogen and oxygen atoms in total. The summed E-state index contributed by atoms with van der Waals surface area (Å²) in [6, 6.07) is 8.96. The van der Waals surface area contributed by atoms with Gasteiger partial charge in [-0.1, -0.05) is 13.0 Å². The van der Waals surface area contributed by atoms with Crippen molar-refractivity contribution >= 4 is 5.91 Å². The van der Waals surface area contributed by atoms with E-state index in [1.54, 1.807) is 31.2 Å². The molecule has 1 heterocycles. The number of piperidine rings is 1. The highest BCUT2D eigenvalue weighted by Gasteiger charge is 2.26. The van der Waals surface area contributed by atoms with Crippen molar-refractivity contribution in [2.24, 2.45) is 5.92 Å². The first-order valence-corrected chi connectivity index (χ1v) is 7.05. The van der Waals surface area contributed by atoms with E-state index in [4.69, 9.17) is 10.00 Å². The summed E-state index contributed by atoms with van der Waals surface area (Å²) < 4.78 is 5.66. The van der Waals surface area contributed by atoms with Gasteiger partial charge in [0, 0.05) is 13.1 Å². The third-order valence-corrected chi connectivity index (χ3v) is 3.59. The smallest absolute Gasteiger partial charge is 0.263 e. The third kappa shape index (κ3) is 3.51. The molecule has 106 valence electrons. The Balaban J connectivity index is 1.98. The Labute approximate surface area is 120 Å². The molecule has 2 rings (SSSR count). The highest BCUT2D eigenvalue weighted by molar-refractivity contribution is 5.81. The first kappa shape index (κ1) is 14.4. The molecular weight excluding hydrogens is 252 g/mol. The van der Waals surface area contributed by atoms with Gasteiger partial charge in [0.1, 0.15) is 5.75 Å². The molecule has 0 spiro atoms. The Morgan fingerprint density at radius 1 is 1.55 bits per heavy atom. The molecule has 1 amide bonds. The van der Waals surface area contributed by atoms with E-state index in [0.29, 0.717) is 17.2 Å². The van der Waals surface area contributed by atoms with E-state index in [-0.39, 0.29) is 5.91 Å². The van der Waals surface area contributed by atoms with Crippen molar-refractivity contribution in [1.29, 1.82) is 5.26 Å². The summed E-state index contributed by atoms with van der Waals surface area (Å²) in [5.41, 5.74) is 0.536. The molecule has 1 aromatic carbocycles. The fraction of sp³-hybridized carbons (Fsp3) is 0.500. The Morgan fingerprint density at radius 2 is 2.35 bits per heavy atom. The van der Waals surface area contributed by atoms with E-state index in [1.807, 2.05) is 4.90 Å². The van der Waals surface area contributed by atoms with Crippen molar-refractivity contribution in [3.05, 3.63) is 29.8 Å². The van der Waals surface area contributed by atoms with Crippen molar-refractivity contribution < 1.29 is 9.53 Å². The van der Waals surface area contributed by atoms with Gasteiger partial charge in [-0.05, 0) is 43.9 Å². The van der Waals surface area contributed by atoms with Crippen LogP contribution in [0.15, 0.2) is 24.3 Å². The van der Waals surface area contributed by atoms with Crippen molar-refractivity contribution in [3.63, 3.8) is 0 Å². The minimum absolute atomic E-state index is 0.0268. The van der Waals surface area contributed by atoms with Gasteiger partial charge in [0.2, 0.25) is 0 Å². The number of hydrogen-bond donors (Lipinski definition) is 0. The zero-order valence-corrected chi connectivity index (χ0v) is 12.0. The Hall–Kier alpha value is -2.02. The van der Waals surface area contributed by atoms with Crippen molar-refractivity contribution in [1.82, 2.24) is 4.90 Å². The number of ether oxygens (including phenoxy) is 1. The van der Waals surface area contributed by atoms with E-state index in [0.717, 1.165) is 19.5 Å². The molecule has 0 aromatic heterocycles. The van der Waals surface area contributed by atoms with Crippen LogP contribution in [0.4, 0.5) is 0 Å². The minimum atomic E-state index is -0.519. The highest BCUT2D eigenvalue weighted by Crippen LogP contribution is 2.19. The molecule has 0 aliphatic carbocycles. The fourth-order valence-electron chi connectivity index (χ4n) is 2.54. The number of nitriles is 1. The summed E-state index contributed by atoms with van der Waals surface area (Å²) >= 11 is 0. The summed E-state index contributed by atoms with van der Waals surface area (Å²) in [6.07, 6.45) is 1.72. The van der Waals surface area contributed by atoms with Crippen LogP contribution in [-0.2, 0) is 4.79 Å². The van der Waals surface area contributed by atoms with Gasteiger partial charge in [-0.25, -0.2) is 0 Å². The van der Waals surface area contributed by atoms with E-state index in [9.17, 15) is 4.79 Å². The van der Waals surface area contributed by atoms with Crippen LogP contribution in [0, 0.1) is 17.2 Å². The lowest BCUT2D eigenvalue weighted by Gasteiger charge is -2.32. The Bertz CT molecular complexity index is 521. The summed E-state index contributed by atoms with van der Waals surface area (Å²) in [4.78, 5) is 14.2. The summed E-state index contributed by atoms with van der Waals surface area (Å²) in [6.45, 7) is 5.56. The normalized spacial score (nSPS) is 20.1. The molecule has 0 bridgehead atoms. The van der Waals surface area contributed by atoms with Crippen LogP contribution in [-0.4, -0.2) is 30.0 Å². The van der Waals surface area contributed by atoms with Gasteiger partial charge in [0.15, 0.2) is 6.10 Å². The lowest BCUT2D eigenvalue weighted by atomic mass is 10.00. The van der Waals surface area contributed by atoms with Crippen LogP contribution < -0.4 is 4.74 Å². The van der Waals surface area contributed by atoms with E-state index in [1.165, 1.54) is 6.42 Å². The number of carbonyl (C=O) groups excluding carboxylic acids is 1. The lowest BCUT2D eigenvalue weighted by molar-refractivity contribution is -0.139. The molecule has 20 heavy (non-hydrogen) atoms. The fourth-order valence-corrected chi connectivity index (χ4v) is 2.54. The summed E-state index contributed by atoms with van der Waals surface area (Å²) in [5.74, 6) is 1.15. The van der Waals surface area contributed by atoms with Crippen molar-refractivity contribution in [2.75, 3.05) is 13.1 Å². The molecule has 1 aliphatic heterocycles. The van der Waals surface area contributed by atoms with Crippen molar-refractivity contribution in [3.8, 4) is 11.8 Å². The monoisotopic (exact) mass is 272 g/mol. The number of amides is 1. The minimum Gasteiger partial charge on any atom is -0.481 e. The maximum atomic E-state index is 12.3. The average Bonchev–Trinajstić information content (AvgIpc) is 2.46. The van der Waals surface area contributed by atoms with Crippen LogP contribution in [0.1, 0.15) is 32.3 Å². The van der Waals surface area contributed by atoms with Gasteiger partial charge in [-0.2, -0.15) is 5.26 Å². The number of hydrogen-bond acceptors (Lipinski definition) is 3. The highest BCUT2D eigenvalue weighted by atomic mass is 16.5. The molecule has 0 radical (unpaired) electrons. The van der Waals surface area contributed by atoms with Crippen LogP contribution in [0.5, 0.6) is 5.75 Å². The van der Waals surface area contributed by atoms with Gasteiger partial charge < -0.3 is 9.64 Å². The third-order valence-electron chi connectivity index (χ3n) is 3.59. The quantitative estimate of drug-likeness (QED) is 0.849. The summed E-state index contributed by atoms with van der Waals surface area (Å²) in [7, 11) is 0. The molecular formula is C16H20N2O2. The maximum absolute atomic E-state index is 12.3. The van der Waals surface area contributed by atoms with Gasteiger partial charge in [-0.15, -0.1) is 0 Å². The zero-order chi connectivity index (χ0) is 14.5. The molecule has 2 atom stereocenters. The summed E-state index contributed by atoms with van der Waals surface area (Å²) in [5, 5.41) is 8.86. The first-order valence-electron chi connectivity index (χ1n) is 7.05. The molecule has 1 saturated heterocycles. The molecule has 0 N–H and O–H groups in total. The van der Waals surface area contributed by atoms with E-state index < -0.39 is 6.10 Å². The van der Waals surface area contributed by atoms with Gasteiger partial charge in [0.05, 0.1) is 11.6 Å². The van der Waals surface area contributed by atoms with Gasteiger partial charge in [-0.3, -0.25) is 4.79 Å². The number of nitrogens with zero attached hydrogens (tertiary/aromatic N) is 2. The molecule has 2 unspecified atom stereocenters. The molecule has 1 aromatic rings. The second-order valence-corrected chi connectivity index (χ2v) is 5.43. The second-order valence-electron chi connectivity index (χ2n) is 5.43. The average molecular weight is 272 g/mol. The standard InChI is InChI=1S/C16H20N2O2/c1-12-5-4-8-18(11-12)16(19)13(2)20-15-7-3-6-14(9-15)10-17/h3,6-7,9,12-13H,4-5,8,11H2,1-2H3. The van der Waals surface area contributed by atoms with Gasteiger partial charge >= 0.3 is 0 Å². The number of rotatable bonds is 3. The Morgan fingerprint density at radius 3 is 3.05 bits per heavy atom. The number of carbonyl (C=O) groups is 1. The number of benzene rings is 1. The predicted molar refractivity (Wildman–Crippen MR) is 76.2 cm³/mol. The molecule has 4 heteroatoms. The van der Waals surface area contributed by atoms with E-state index >= 15 is 0 Å². The van der Waals surface area contributed by atoms with Crippen molar-refractivity contribution in [2.45, 2.75) is 32.8 Å². The van der Waals surface area contributed by atoms with Gasteiger partial charge in [0.25, 0.3) is 5.91 Å². The SMILES string of the molecule is CC1CCCN(C(=O)C(C)Oc2cccc(C#N)c2)C1. The molecule has 0 saturated carbocycles. The number of likely N-dealkylation sites (tertiary alicyclic amines) is 1. The zero-order valence-electron chi connectivity index (χ0n) is 12.0. The predicted octanol–water partition coefficient (Wildman–Crippen LogP) is 2.58. The van der Waals surface area contributed by atoms with Crippen LogP contribution >= 0.6 is 0 Å². The second kappa shape index (κ2) is 6.42.